The molecule has 1 unspecified atom stereocenters. The van der Waals surface area contributed by atoms with E-state index in [1.807, 2.05) is 0 Å². The van der Waals surface area contributed by atoms with Gasteiger partial charge in [0.2, 0.25) is 0 Å². The third-order valence-corrected chi connectivity index (χ3v) is 2.65. The normalized spacial score (nSPS) is 17.1. The van der Waals surface area contributed by atoms with Crippen molar-refractivity contribution in [3.05, 3.63) is 0 Å². The molecule has 0 saturated carbocycles. The lowest BCUT2D eigenvalue weighted by molar-refractivity contribution is -0.154. The monoisotopic (exact) mass is 294 g/mol. The van der Waals surface area contributed by atoms with Crippen LogP contribution in [0, 0.1) is 0 Å². The van der Waals surface area contributed by atoms with Gasteiger partial charge in [0.15, 0.2) is 3.92 Å². The summed E-state index contributed by atoms with van der Waals surface area (Å²) in [6.07, 6.45) is -4.95. The van der Waals surface area contributed by atoms with Crippen molar-refractivity contribution in [1.29, 1.82) is 0 Å². The quantitative estimate of drug-likeness (QED) is 0.396. The molecule has 0 aliphatic carbocycles. The molecule has 1 atom stereocenters. The highest BCUT2D eigenvalue weighted by molar-refractivity contribution is 14.1. The Morgan fingerprint density at radius 2 is 1.40 bits per heavy atom. The molecule has 0 aliphatic heterocycles. The largest absolute Gasteiger partial charge is 0.407 e. The van der Waals surface area contributed by atoms with Crippen LogP contribution in [0.2, 0.25) is 0 Å². The highest BCUT2D eigenvalue weighted by Gasteiger charge is 2.53. The van der Waals surface area contributed by atoms with Gasteiger partial charge in [-0.05, 0) is 11.6 Å². The zero-order valence-corrected chi connectivity index (χ0v) is 7.14. The molecule has 0 bridgehead atoms. The van der Waals surface area contributed by atoms with Crippen molar-refractivity contribution in [2.75, 3.05) is 0 Å². The van der Waals surface area contributed by atoms with Crippen LogP contribution in [0.1, 0.15) is 0 Å². The summed E-state index contributed by atoms with van der Waals surface area (Å²) in [6.45, 7) is 0. The van der Waals surface area contributed by atoms with Crippen LogP contribution in [-0.2, 0) is 0 Å². The summed E-state index contributed by atoms with van der Waals surface area (Å²) >= 11 is 4.66. The molecule has 10 heavy (non-hydrogen) atoms. The molecule has 0 radical (unpaired) electrons. The summed E-state index contributed by atoms with van der Waals surface area (Å²) in [5, 5.41) is -4.22. The lowest BCUT2D eigenvalue weighted by Gasteiger charge is -2.17. The van der Waals surface area contributed by atoms with Gasteiger partial charge < -0.3 is 0 Å². The fraction of sp³-hybridized carbons (Fsp3) is 1.00. The van der Waals surface area contributed by atoms with E-state index in [1.165, 1.54) is 0 Å². The lowest BCUT2D eigenvalue weighted by Crippen LogP contribution is -2.35. The van der Waals surface area contributed by atoms with Gasteiger partial charge in [-0.2, -0.15) is 22.0 Å². The Morgan fingerprint density at radius 3 is 1.40 bits per heavy atom. The second-order valence-corrected chi connectivity index (χ2v) is 3.20. The van der Waals surface area contributed by atoms with Gasteiger partial charge >= 0.3 is 11.6 Å². The maximum absolute atomic E-state index is 11.6. The van der Waals surface area contributed by atoms with Gasteiger partial charge in [-0.15, -0.1) is 0 Å². The zero-order chi connectivity index (χ0) is 8.58. The molecule has 0 aromatic carbocycles. The van der Waals surface area contributed by atoms with Crippen molar-refractivity contribution < 1.29 is 22.0 Å². The van der Waals surface area contributed by atoms with Crippen LogP contribution in [0.25, 0.3) is 0 Å². The molecule has 0 amide bonds. The number of hydrogen-bond donors (Lipinski definition) is 0. The molecule has 0 nitrogen and oxygen atoms in total. The van der Waals surface area contributed by atoms with E-state index in [0.717, 1.165) is 0 Å². The van der Waals surface area contributed by atoms with E-state index in [2.05, 4.69) is 11.6 Å². The van der Waals surface area contributed by atoms with Crippen LogP contribution in [0.3, 0.4) is 0 Å². The molecule has 7 heteroatoms. The van der Waals surface area contributed by atoms with Crippen LogP contribution >= 0.6 is 34.2 Å². The van der Waals surface area contributed by atoms with E-state index in [0.29, 0.717) is 22.6 Å². The van der Waals surface area contributed by atoms with Gasteiger partial charge in [-0.25, -0.2) is 0 Å². The molecule has 0 aromatic rings. The second kappa shape index (κ2) is 2.96. The van der Waals surface area contributed by atoms with E-state index in [-0.39, 0.29) is 0 Å². The highest BCUT2D eigenvalue weighted by atomic mass is 127. The van der Waals surface area contributed by atoms with Gasteiger partial charge in [-0.1, -0.05) is 22.6 Å². The molecule has 0 spiro atoms. The first-order valence-electron chi connectivity index (χ1n) is 1.93. The predicted octanol–water partition coefficient (Wildman–Crippen LogP) is 3.18. The molecular formula is C3HClF5I. The fourth-order valence-corrected chi connectivity index (χ4v) is 0.309. The number of halogens is 7. The third kappa shape index (κ3) is 3.18. The molecule has 0 aliphatic rings. The minimum atomic E-state index is -4.95. The maximum atomic E-state index is 11.6. The molecule has 0 fully saturated rings. The summed E-state index contributed by atoms with van der Waals surface area (Å²) in [7, 11) is 0. The SMILES string of the molecule is FC(F)(F)C(I)C(F)(F)Cl. The first kappa shape index (κ1) is 10.7. The van der Waals surface area contributed by atoms with Crippen molar-refractivity contribution in [2.45, 2.75) is 15.5 Å². The van der Waals surface area contributed by atoms with Gasteiger partial charge in [0.25, 0.3) is 0 Å². The average Bonchev–Trinajstić information content (AvgIpc) is 1.59. The van der Waals surface area contributed by atoms with Crippen LogP contribution in [0.15, 0.2) is 0 Å². The summed E-state index contributed by atoms with van der Waals surface area (Å²) in [4.78, 5) is 0. The number of alkyl halides is 7. The Labute approximate surface area is 71.9 Å². The van der Waals surface area contributed by atoms with Gasteiger partial charge in [0.1, 0.15) is 0 Å². The Morgan fingerprint density at radius 1 is 1.10 bits per heavy atom. The first-order valence-corrected chi connectivity index (χ1v) is 3.55. The summed E-state index contributed by atoms with van der Waals surface area (Å²) in [5.41, 5.74) is 0. The molecular weight excluding hydrogens is 293 g/mol. The average molecular weight is 294 g/mol. The van der Waals surface area contributed by atoms with E-state index >= 15 is 0 Å². The van der Waals surface area contributed by atoms with Crippen LogP contribution in [-0.4, -0.2) is 15.5 Å². The van der Waals surface area contributed by atoms with Gasteiger partial charge in [0.05, 0.1) is 0 Å². The Balaban J connectivity index is 4.23. The van der Waals surface area contributed by atoms with Crippen LogP contribution in [0.5, 0.6) is 0 Å². The van der Waals surface area contributed by atoms with Crippen LogP contribution in [0.4, 0.5) is 22.0 Å². The van der Waals surface area contributed by atoms with Crippen molar-refractivity contribution in [3.8, 4) is 0 Å². The summed E-state index contributed by atoms with van der Waals surface area (Å²) in [6, 6.07) is 0. The van der Waals surface area contributed by atoms with E-state index in [4.69, 9.17) is 0 Å². The molecule has 62 valence electrons. The lowest BCUT2D eigenvalue weighted by atomic mass is 10.4. The zero-order valence-electron chi connectivity index (χ0n) is 4.22. The fourth-order valence-electron chi connectivity index (χ4n) is 0.186. The van der Waals surface area contributed by atoms with Crippen molar-refractivity contribution in [1.82, 2.24) is 0 Å². The van der Waals surface area contributed by atoms with Gasteiger partial charge in [0, 0.05) is 0 Å². The molecule has 0 saturated heterocycles. The standard InChI is InChI=1S/C3HClF5I/c4-2(5,6)1(10)3(7,8)9/h1H. The third-order valence-electron chi connectivity index (χ3n) is 0.575. The van der Waals surface area contributed by atoms with Crippen molar-refractivity contribution in [3.63, 3.8) is 0 Å². The minimum absolute atomic E-state index is 0.548. The number of hydrogen-bond acceptors (Lipinski definition) is 0. The minimum Gasteiger partial charge on any atom is -0.187 e. The molecule has 0 rings (SSSR count). The van der Waals surface area contributed by atoms with Gasteiger partial charge in [-0.3, -0.25) is 0 Å². The summed E-state index contributed by atoms with van der Waals surface area (Å²) < 4.78 is 54.6. The van der Waals surface area contributed by atoms with E-state index < -0.39 is 15.5 Å². The molecule has 0 aromatic heterocycles. The smallest absolute Gasteiger partial charge is 0.187 e. The molecule has 0 N–H and O–H groups in total. The Bertz CT molecular complexity index is 101. The first-order chi connectivity index (χ1) is 4.15. The van der Waals surface area contributed by atoms with Crippen molar-refractivity contribution in [2.24, 2.45) is 0 Å². The highest BCUT2D eigenvalue weighted by Crippen LogP contribution is 2.40. The Kier molecular flexibility index (Phi) is 3.16. The Hall–Kier alpha value is 0.670. The second-order valence-electron chi connectivity index (χ2n) is 1.45. The topological polar surface area (TPSA) is 0 Å². The van der Waals surface area contributed by atoms with E-state index in [1.54, 1.807) is 0 Å². The number of rotatable bonds is 1. The molecule has 0 heterocycles. The van der Waals surface area contributed by atoms with E-state index in [9.17, 15) is 22.0 Å². The maximum Gasteiger partial charge on any atom is 0.407 e. The van der Waals surface area contributed by atoms with Crippen molar-refractivity contribution >= 4 is 34.2 Å². The predicted molar refractivity (Wildman–Crippen MR) is 34.7 cm³/mol. The van der Waals surface area contributed by atoms with Crippen LogP contribution < -0.4 is 0 Å². The summed E-state index contributed by atoms with van der Waals surface area (Å²) in [5.74, 6) is 0.